The lowest BCUT2D eigenvalue weighted by Crippen LogP contribution is -2.42. The Balaban J connectivity index is 1.55. The Bertz CT molecular complexity index is 189. The van der Waals surface area contributed by atoms with Gasteiger partial charge in [-0.3, -0.25) is 0 Å². The molecule has 1 N–H and O–H groups in total. The molecular formula is C13H23N. The van der Waals surface area contributed by atoms with Crippen molar-refractivity contribution in [3.63, 3.8) is 0 Å². The third-order valence-corrected chi connectivity index (χ3v) is 4.30. The molecule has 1 heteroatoms. The Morgan fingerprint density at radius 2 is 1.43 bits per heavy atom. The molecule has 3 fully saturated rings. The predicted molar refractivity (Wildman–Crippen MR) is 59.2 cm³/mol. The molecule has 0 heterocycles. The summed E-state index contributed by atoms with van der Waals surface area (Å²) < 4.78 is 0. The number of hydrogen-bond acceptors (Lipinski definition) is 1. The fourth-order valence-corrected chi connectivity index (χ4v) is 2.90. The smallest absolute Gasteiger partial charge is 0.0126 e. The average molecular weight is 193 g/mol. The SMILES string of the molecule is CCC(NC(C1CC1)C1CC1)C1CC1. The molecule has 0 saturated heterocycles. The molecule has 0 aromatic heterocycles. The summed E-state index contributed by atoms with van der Waals surface area (Å²) in [6, 6.07) is 1.78. The molecule has 14 heavy (non-hydrogen) atoms. The molecule has 1 nitrogen and oxygen atoms in total. The number of rotatable bonds is 6. The van der Waals surface area contributed by atoms with E-state index in [0.717, 1.165) is 29.8 Å². The average Bonchev–Trinajstić information content (AvgIpc) is 2.95. The van der Waals surface area contributed by atoms with E-state index < -0.39 is 0 Å². The van der Waals surface area contributed by atoms with Crippen molar-refractivity contribution in [1.82, 2.24) is 5.32 Å². The highest BCUT2D eigenvalue weighted by molar-refractivity contribution is 4.99. The van der Waals surface area contributed by atoms with Crippen molar-refractivity contribution < 1.29 is 0 Å². The molecule has 0 amide bonds. The highest BCUT2D eigenvalue weighted by Crippen LogP contribution is 2.46. The van der Waals surface area contributed by atoms with Crippen molar-refractivity contribution >= 4 is 0 Å². The fraction of sp³-hybridized carbons (Fsp3) is 1.00. The van der Waals surface area contributed by atoms with Crippen molar-refractivity contribution in [3.05, 3.63) is 0 Å². The summed E-state index contributed by atoms with van der Waals surface area (Å²) in [6.07, 6.45) is 10.4. The molecular weight excluding hydrogens is 170 g/mol. The summed E-state index contributed by atoms with van der Waals surface area (Å²) in [5.41, 5.74) is 0. The Labute approximate surface area is 87.7 Å². The van der Waals surface area contributed by atoms with E-state index in [1.807, 2.05) is 0 Å². The van der Waals surface area contributed by atoms with Crippen LogP contribution >= 0.6 is 0 Å². The van der Waals surface area contributed by atoms with Crippen molar-refractivity contribution in [3.8, 4) is 0 Å². The maximum Gasteiger partial charge on any atom is 0.0126 e. The normalized spacial score (nSPS) is 29.6. The molecule has 80 valence electrons. The number of nitrogens with one attached hydrogen (secondary N) is 1. The molecule has 0 aliphatic heterocycles. The summed E-state index contributed by atoms with van der Waals surface area (Å²) in [4.78, 5) is 0. The summed E-state index contributed by atoms with van der Waals surface area (Å²) in [5, 5.41) is 3.99. The quantitative estimate of drug-likeness (QED) is 0.684. The maximum atomic E-state index is 3.99. The second kappa shape index (κ2) is 3.52. The van der Waals surface area contributed by atoms with E-state index in [4.69, 9.17) is 0 Å². The molecule has 0 bridgehead atoms. The van der Waals surface area contributed by atoms with Gasteiger partial charge in [0.15, 0.2) is 0 Å². The second-order valence-corrected chi connectivity index (χ2v) is 5.72. The summed E-state index contributed by atoms with van der Waals surface area (Å²) in [6.45, 7) is 2.35. The first-order valence-corrected chi connectivity index (χ1v) is 6.64. The van der Waals surface area contributed by atoms with E-state index in [1.165, 1.54) is 44.9 Å². The topological polar surface area (TPSA) is 12.0 Å². The minimum atomic E-state index is 0.862. The maximum absolute atomic E-state index is 3.99. The lowest BCUT2D eigenvalue weighted by Gasteiger charge is -2.25. The first kappa shape index (κ1) is 9.21. The highest BCUT2D eigenvalue weighted by Gasteiger charge is 2.43. The van der Waals surface area contributed by atoms with Gasteiger partial charge < -0.3 is 5.32 Å². The summed E-state index contributed by atoms with van der Waals surface area (Å²) >= 11 is 0. The van der Waals surface area contributed by atoms with Gasteiger partial charge in [-0.2, -0.15) is 0 Å². The summed E-state index contributed by atoms with van der Waals surface area (Å²) in [7, 11) is 0. The summed E-state index contributed by atoms with van der Waals surface area (Å²) in [5.74, 6) is 3.17. The van der Waals surface area contributed by atoms with Gasteiger partial charge in [0.2, 0.25) is 0 Å². The molecule has 3 aliphatic carbocycles. The van der Waals surface area contributed by atoms with Gasteiger partial charge in [-0.05, 0) is 62.7 Å². The van der Waals surface area contributed by atoms with Crippen LogP contribution in [0.3, 0.4) is 0 Å². The monoisotopic (exact) mass is 193 g/mol. The Hall–Kier alpha value is -0.0400. The molecule has 3 saturated carbocycles. The minimum absolute atomic E-state index is 0.862. The van der Waals surface area contributed by atoms with Crippen molar-refractivity contribution in [1.29, 1.82) is 0 Å². The van der Waals surface area contributed by atoms with Gasteiger partial charge in [-0.15, -0.1) is 0 Å². The van der Waals surface area contributed by atoms with Crippen LogP contribution in [0.4, 0.5) is 0 Å². The van der Waals surface area contributed by atoms with Gasteiger partial charge in [-0.25, -0.2) is 0 Å². The van der Waals surface area contributed by atoms with Crippen LogP contribution in [0, 0.1) is 17.8 Å². The fourth-order valence-electron chi connectivity index (χ4n) is 2.90. The van der Waals surface area contributed by atoms with Crippen LogP contribution in [-0.2, 0) is 0 Å². The Kier molecular flexibility index (Phi) is 2.31. The van der Waals surface area contributed by atoms with E-state index >= 15 is 0 Å². The molecule has 1 atom stereocenters. The van der Waals surface area contributed by atoms with Gasteiger partial charge in [0.05, 0.1) is 0 Å². The molecule has 0 aromatic carbocycles. The van der Waals surface area contributed by atoms with E-state index in [0.29, 0.717) is 0 Å². The van der Waals surface area contributed by atoms with Crippen molar-refractivity contribution in [2.45, 2.75) is 64.0 Å². The van der Waals surface area contributed by atoms with Gasteiger partial charge in [0.25, 0.3) is 0 Å². The van der Waals surface area contributed by atoms with Crippen LogP contribution in [0.2, 0.25) is 0 Å². The molecule has 3 rings (SSSR count). The molecule has 0 spiro atoms. The molecule has 0 radical (unpaired) electrons. The van der Waals surface area contributed by atoms with E-state index in [-0.39, 0.29) is 0 Å². The minimum Gasteiger partial charge on any atom is -0.310 e. The lowest BCUT2D eigenvalue weighted by atomic mass is 10.0. The van der Waals surface area contributed by atoms with Crippen molar-refractivity contribution in [2.75, 3.05) is 0 Å². The third-order valence-electron chi connectivity index (χ3n) is 4.30. The van der Waals surface area contributed by atoms with E-state index in [9.17, 15) is 0 Å². The highest BCUT2D eigenvalue weighted by atomic mass is 15.0. The first-order valence-electron chi connectivity index (χ1n) is 6.64. The van der Waals surface area contributed by atoms with Crippen LogP contribution in [0.25, 0.3) is 0 Å². The lowest BCUT2D eigenvalue weighted by molar-refractivity contribution is 0.332. The van der Waals surface area contributed by atoms with Gasteiger partial charge in [-0.1, -0.05) is 6.92 Å². The zero-order chi connectivity index (χ0) is 9.54. The van der Waals surface area contributed by atoms with E-state index in [1.54, 1.807) is 0 Å². The zero-order valence-corrected chi connectivity index (χ0v) is 9.34. The van der Waals surface area contributed by atoms with Crippen molar-refractivity contribution in [2.24, 2.45) is 17.8 Å². The standard InChI is InChI=1S/C13H23N/c1-2-12(9-3-4-9)14-13(10-5-6-10)11-7-8-11/h9-14H,2-8H2,1H3. The predicted octanol–water partition coefficient (Wildman–Crippen LogP) is 2.95. The third kappa shape index (κ3) is 1.98. The van der Waals surface area contributed by atoms with E-state index in [2.05, 4.69) is 12.2 Å². The second-order valence-electron chi connectivity index (χ2n) is 5.72. The number of hydrogen-bond donors (Lipinski definition) is 1. The van der Waals surface area contributed by atoms with Crippen LogP contribution in [0.1, 0.15) is 51.9 Å². The molecule has 0 aromatic rings. The van der Waals surface area contributed by atoms with Crippen LogP contribution in [0.5, 0.6) is 0 Å². The molecule has 1 unspecified atom stereocenters. The largest absolute Gasteiger partial charge is 0.310 e. The van der Waals surface area contributed by atoms with Crippen LogP contribution < -0.4 is 5.32 Å². The Morgan fingerprint density at radius 3 is 1.79 bits per heavy atom. The van der Waals surface area contributed by atoms with Gasteiger partial charge in [0.1, 0.15) is 0 Å². The van der Waals surface area contributed by atoms with Gasteiger partial charge >= 0.3 is 0 Å². The van der Waals surface area contributed by atoms with Crippen LogP contribution in [0.15, 0.2) is 0 Å². The zero-order valence-electron chi connectivity index (χ0n) is 9.34. The van der Waals surface area contributed by atoms with Crippen LogP contribution in [-0.4, -0.2) is 12.1 Å². The first-order chi connectivity index (χ1) is 6.88. The Morgan fingerprint density at radius 1 is 0.929 bits per heavy atom. The molecule has 3 aliphatic rings. The van der Waals surface area contributed by atoms with Gasteiger partial charge in [0, 0.05) is 12.1 Å².